The Morgan fingerprint density at radius 2 is 1.86 bits per heavy atom. The molecule has 21 heavy (non-hydrogen) atoms. The first-order valence-electron chi connectivity index (χ1n) is 5.86. The molecule has 0 fully saturated rings. The summed E-state index contributed by atoms with van der Waals surface area (Å²) < 4.78 is 62.0. The predicted octanol–water partition coefficient (Wildman–Crippen LogP) is 2.10. The van der Waals surface area contributed by atoms with E-state index >= 15 is 0 Å². The molecule has 0 atom stereocenters. The largest absolute Gasteiger partial charge is 0.416 e. The summed E-state index contributed by atoms with van der Waals surface area (Å²) in [6.45, 7) is 0. The number of aromatic nitrogens is 1. The first-order chi connectivity index (χ1) is 9.49. The topological polar surface area (TPSA) is 56.1 Å². The van der Waals surface area contributed by atoms with E-state index < -0.39 is 32.8 Å². The van der Waals surface area contributed by atoms with Crippen molar-refractivity contribution in [3.05, 3.63) is 45.7 Å². The summed E-state index contributed by atoms with van der Waals surface area (Å²) in [5, 5.41) is 0.0617. The molecule has 1 aromatic carbocycles. The van der Waals surface area contributed by atoms with Gasteiger partial charge in [-0.3, -0.25) is 4.79 Å². The van der Waals surface area contributed by atoms with Gasteiger partial charge in [0.05, 0.1) is 16.8 Å². The van der Waals surface area contributed by atoms with Gasteiger partial charge >= 0.3 is 6.18 Å². The molecule has 1 heterocycles. The monoisotopic (exact) mass is 319 g/mol. The summed E-state index contributed by atoms with van der Waals surface area (Å²) in [5.74, 6) is -0.448. The second-order valence-electron chi connectivity index (χ2n) is 4.89. The van der Waals surface area contributed by atoms with E-state index in [1.807, 2.05) is 0 Å². The smallest absolute Gasteiger partial charge is 0.350 e. The van der Waals surface area contributed by atoms with Crippen LogP contribution < -0.4 is 5.43 Å². The molecule has 0 saturated carbocycles. The van der Waals surface area contributed by atoms with Crippen LogP contribution in [0.5, 0.6) is 0 Å². The lowest BCUT2D eigenvalue weighted by Gasteiger charge is -2.12. The lowest BCUT2D eigenvalue weighted by atomic mass is 10.1. The van der Waals surface area contributed by atoms with Crippen LogP contribution in [0.4, 0.5) is 13.2 Å². The van der Waals surface area contributed by atoms with Gasteiger partial charge in [0, 0.05) is 30.4 Å². The average Bonchev–Trinajstić information content (AvgIpc) is 2.32. The highest BCUT2D eigenvalue weighted by atomic mass is 32.2. The minimum atomic E-state index is -4.50. The Labute approximate surface area is 118 Å². The average molecular weight is 319 g/mol. The number of sulfone groups is 1. The van der Waals surface area contributed by atoms with Crippen LogP contribution >= 0.6 is 0 Å². The molecule has 2 aromatic rings. The molecular weight excluding hydrogens is 307 g/mol. The van der Waals surface area contributed by atoms with Crippen molar-refractivity contribution >= 4 is 20.7 Å². The lowest BCUT2D eigenvalue weighted by Crippen LogP contribution is -2.17. The van der Waals surface area contributed by atoms with Crippen LogP contribution in [0.1, 0.15) is 11.1 Å². The van der Waals surface area contributed by atoms with Crippen molar-refractivity contribution in [1.29, 1.82) is 0 Å². The predicted molar refractivity (Wildman–Crippen MR) is 72.7 cm³/mol. The third kappa shape index (κ3) is 3.26. The Balaban J connectivity index is 2.73. The maximum absolute atomic E-state index is 12.7. The van der Waals surface area contributed by atoms with Crippen LogP contribution in [0, 0.1) is 0 Å². The van der Waals surface area contributed by atoms with E-state index in [9.17, 15) is 26.4 Å². The van der Waals surface area contributed by atoms with Gasteiger partial charge < -0.3 is 4.57 Å². The van der Waals surface area contributed by atoms with Crippen molar-refractivity contribution in [3.8, 4) is 0 Å². The Morgan fingerprint density at radius 1 is 1.24 bits per heavy atom. The second kappa shape index (κ2) is 4.87. The molecule has 114 valence electrons. The Morgan fingerprint density at radius 3 is 2.38 bits per heavy atom. The molecule has 0 spiro atoms. The highest BCUT2D eigenvalue weighted by Gasteiger charge is 2.30. The van der Waals surface area contributed by atoms with Crippen LogP contribution in [0.15, 0.2) is 29.2 Å². The molecule has 0 bridgehead atoms. The third-order valence-corrected chi connectivity index (χ3v) is 3.84. The molecule has 0 radical (unpaired) electrons. The number of fused-ring (bicyclic) bond motifs is 1. The van der Waals surface area contributed by atoms with Crippen molar-refractivity contribution in [2.24, 2.45) is 7.05 Å². The Bertz CT molecular complexity index is 867. The first kappa shape index (κ1) is 15.6. The number of nitrogens with zero attached hydrogens (tertiary/aromatic N) is 1. The molecule has 0 unspecified atom stereocenters. The number of halogens is 3. The zero-order valence-electron chi connectivity index (χ0n) is 11.2. The van der Waals surface area contributed by atoms with Crippen LogP contribution in [-0.2, 0) is 28.8 Å². The van der Waals surface area contributed by atoms with Crippen LogP contribution in [0.2, 0.25) is 0 Å². The molecule has 0 saturated heterocycles. The minimum Gasteiger partial charge on any atom is -0.350 e. The van der Waals surface area contributed by atoms with E-state index in [4.69, 9.17) is 0 Å². The van der Waals surface area contributed by atoms with E-state index in [1.54, 1.807) is 0 Å². The fourth-order valence-electron chi connectivity index (χ4n) is 2.11. The number of pyridine rings is 1. The van der Waals surface area contributed by atoms with E-state index in [2.05, 4.69) is 0 Å². The molecular formula is C13H12F3NO3S. The number of hydrogen-bond acceptors (Lipinski definition) is 3. The van der Waals surface area contributed by atoms with E-state index in [1.165, 1.54) is 17.8 Å². The number of alkyl halides is 3. The molecule has 2 rings (SSSR count). The van der Waals surface area contributed by atoms with Crippen LogP contribution in [0.3, 0.4) is 0 Å². The highest BCUT2D eigenvalue weighted by molar-refractivity contribution is 7.89. The maximum atomic E-state index is 12.7. The van der Waals surface area contributed by atoms with Crippen molar-refractivity contribution < 1.29 is 21.6 Å². The Hall–Kier alpha value is -1.83. The van der Waals surface area contributed by atoms with Crippen LogP contribution in [0.25, 0.3) is 10.9 Å². The van der Waals surface area contributed by atoms with Gasteiger partial charge in [-0.15, -0.1) is 0 Å². The lowest BCUT2D eigenvalue weighted by molar-refractivity contribution is -0.137. The molecule has 0 aliphatic carbocycles. The second-order valence-corrected chi connectivity index (χ2v) is 7.03. The van der Waals surface area contributed by atoms with Crippen molar-refractivity contribution in [1.82, 2.24) is 4.57 Å². The molecule has 8 heteroatoms. The zero-order chi connectivity index (χ0) is 16.0. The molecule has 0 amide bonds. The van der Waals surface area contributed by atoms with Crippen LogP contribution in [-0.4, -0.2) is 19.2 Å². The Kier molecular flexibility index (Phi) is 3.61. The molecule has 0 N–H and O–H groups in total. The van der Waals surface area contributed by atoms with Gasteiger partial charge in [-0.25, -0.2) is 8.42 Å². The molecule has 0 aliphatic heterocycles. The first-order valence-corrected chi connectivity index (χ1v) is 7.92. The standard InChI is InChI=1S/C13H12F3NO3S/c1-17-6-8(7-21(2,19)20)12(18)10-4-3-9(5-11(10)17)13(14,15)16/h3-6H,7H2,1-2H3. The fraction of sp³-hybridized carbons (Fsp3) is 0.308. The molecule has 1 aromatic heterocycles. The number of benzene rings is 1. The van der Waals surface area contributed by atoms with E-state index in [-0.39, 0.29) is 16.5 Å². The van der Waals surface area contributed by atoms with Crippen molar-refractivity contribution in [3.63, 3.8) is 0 Å². The fourth-order valence-corrected chi connectivity index (χ4v) is 2.88. The number of aryl methyl sites for hydroxylation is 1. The van der Waals surface area contributed by atoms with Gasteiger partial charge in [-0.2, -0.15) is 13.2 Å². The molecule has 0 aliphatic rings. The van der Waals surface area contributed by atoms with Gasteiger partial charge in [-0.05, 0) is 18.2 Å². The summed E-state index contributed by atoms with van der Waals surface area (Å²) in [7, 11) is -1.94. The van der Waals surface area contributed by atoms with Gasteiger partial charge in [0.1, 0.15) is 0 Å². The third-order valence-electron chi connectivity index (χ3n) is 3.01. The van der Waals surface area contributed by atoms with Gasteiger partial charge in [-0.1, -0.05) is 0 Å². The van der Waals surface area contributed by atoms with Gasteiger partial charge in [0.15, 0.2) is 15.3 Å². The van der Waals surface area contributed by atoms with E-state index in [0.29, 0.717) is 0 Å². The summed E-state index contributed by atoms with van der Waals surface area (Å²) in [4.78, 5) is 12.2. The minimum absolute atomic E-state index is 0.0345. The highest BCUT2D eigenvalue weighted by Crippen LogP contribution is 2.30. The summed E-state index contributed by atoms with van der Waals surface area (Å²) in [6.07, 6.45) is -2.26. The zero-order valence-corrected chi connectivity index (χ0v) is 12.0. The van der Waals surface area contributed by atoms with Gasteiger partial charge in [0.25, 0.3) is 0 Å². The summed E-state index contributed by atoms with van der Waals surface area (Å²) in [6, 6.07) is 2.77. The van der Waals surface area contributed by atoms with Gasteiger partial charge in [0.2, 0.25) is 0 Å². The van der Waals surface area contributed by atoms with E-state index in [0.717, 1.165) is 24.5 Å². The summed E-state index contributed by atoms with van der Waals surface area (Å²) >= 11 is 0. The number of rotatable bonds is 2. The SMILES string of the molecule is Cn1cc(CS(C)(=O)=O)c(=O)c2ccc(C(F)(F)F)cc21. The summed E-state index contributed by atoms with van der Waals surface area (Å²) in [5.41, 5.74) is -1.29. The quantitative estimate of drug-likeness (QED) is 0.852. The molecule has 4 nitrogen and oxygen atoms in total. The normalized spacial score (nSPS) is 12.8. The maximum Gasteiger partial charge on any atom is 0.416 e. The van der Waals surface area contributed by atoms with Crippen molar-refractivity contribution in [2.45, 2.75) is 11.9 Å². The van der Waals surface area contributed by atoms with Crippen molar-refractivity contribution in [2.75, 3.05) is 6.26 Å². The number of hydrogen-bond donors (Lipinski definition) is 0.